The van der Waals surface area contributed by atoms with E-state index in [9.17, 15) is 113 Å². The zero-order chi connectivity index (χ0) is 89.8. The van der Waals surface area contributed by atoms with Crippen molar-refractivity contribution in [2.75, 3.05) is 45.8 Å². The highest BCUT2D eigenvalue weighted by atomic mass is 16.5. The van der Waals surface area contributed by atoms with Crippen LogP contribution in [0.2, 0.25) is 0 Å². The summed E-state index contributed by atoms with van der Waals surface area (Å²) in [7, 11) is 0. The summed E-state index contributed by atoms with van der Waals surface area (Å²) >= 11 is 0. The van der Waals surface area contributed by atoms with E-state index in [1.807, 2.05) is 0 Å². The van der Waals surface area contributed by atoms with E-state index in [-0.39, 0.29) is 70.5 Å². The van der Waals surface area contributed by atoms with Gasteiger partial charge in [0.05, 0.1) is 68.2 Å². The topological polar surface area (TPSA) is 661 Å². The van der Waals surface area contributed by atoms with Gasteiger partial charge >= 0.3 is 5.97 Å². The van der Waals surface area contributed by atoms with Crippen molar-refractivity contribution in [3.8, 4) is 5.75 Å². The molecule has 20 atom stereocenters. The average Bonchev–Trinajstić information content (AvgIpc) is 1.63. The maximum Gasteiger partial charge on any atom is 0.328 e. The number of benzene rings is 1. The van der Waals surface area contributed by atoms with Gasteiger partial charge in [-0.3, -0.25) is 67.1 Å². The number of esters is 1. The lowest BCUT2D eigenvalue weighted by molar-refractivity contribution is -0.155. The first kappa shape index (κ1) is 103. The molecule has 26 N–H and O–H groups in total. The second-order valence-corrected chi connectivity index (χ2v) is 31.9. The average molecular weight is 1710 g/mol. The van der Waals surface area contributed by atoms with E-state index in [0.717, 1.165) is 90.4 Å². The van der Waals surface area contributed by atoms with Crippen molar-refractivity contribution >= 4 is 88.7 Å². The summed E-state index contributed by atoms with van der Waals surface area (Å²) in [6.45, 7) is 9.00. The van der Waals surface area contributed by atoms with Gasteiger partial charge in [-0.25, -0.2) is 4.79 Å². The predicted octanol–water partition coefficient (Wildman–Crippen LogP) is -6.19. The molecule has 41 heteroatoms. The summed E-state index contributed by atoms with van der Waals surface area (Å²) < 4.78 is 6.11. The van der Waals surface area contributed by atoms with Crippen molar-refractivity contribution in [1.29, 1.82) is 0 Å². The Kier molecular flexibility index (Phi) is 44.7. The molecular formula is C79H133N17O24. The quantitative estimate of drug-likeness (QED) is 0.0230. The van der Waals surface area contributed by atoms with Gasteiger partial charge in [0.15, 0.2) is 0 Å². The Bertz CT molecular complexity index is 3540. The number of nitrogens with two attached hydrogens (primary N) is 4. The fraction of sp³-hybridized carbons (Fsp3) is 0.734. The number of aliphatic hydroxyl groups is 7. The Labute approximate surface area is 699 Å². The SMILES string of the molecule is CCCCCCCCCCCCC[C@@H]1CC(=O)N[C@H]([C@@H](C)O)C(=O)N[C@H](C)C(=O)N[C@@H](Cc2ccc(O)cc2)C(=O)N[C@@H](C(C)C)C(=O)N2C[C@H](O)C[C@H]2C(=O)N[C@H]([C@@H](C)O)C(=O)N[C@@H]([C@@H](C)O)C(=O)N2CC[C@H](O)[C@H]2C(=O)NC(C(O)CC(N)=O)C(=O)NCC(=O)N[C@@H]([C@@H](C)O)C(=O)N[C@@H](CCCN(CCCN)C(=O)[C@@H](N)CCCN)C(=O)O1. The molecule has 678 valence electrons. The first-order valence-electron chi connectivity index (χ1n) is 41.7. The van der Waals surface area contributed by atoms with Gasteiger partial charge in [0, 0.05) is 39.0 Å². The van der Waals surface area contributed by atoms with Crippen molar-refractivity contribution in [3.05, 3.63) is 29.8 Å². The second kappa shape index (κ2) is 52.1. The number of cyclic esters (lactones) is 1. The number of fused-ring (bicyclic) bond motifs is 2. The Balaban J connectivity index is 1.88. The monoisotopic (exact) mass is 1700 g/mol. The van der Waals surface area contributed by atoms with Gasteiger partial charge in [-0.05, 0) is 123 Å². The van der Waals surface area contributed by atoms with Gasteiger partial charge in [-0.1, -0.05) is 97.1 Å². The summed E-state index contributed by atoms with van der Waals surface area (Å²) in [4.78, 5) is 217. The van der Waals surface area contributed by atoms with Crippen molar-refractivity contribution in [2.24, 2.45) is 28.9 Å². The lowest BCUT2D eigenvalue weighted by Crippen LogP contribution is -2.64. The number of amides is 14. The molecule has 0 radical (unpaired) electrons. The number of hydrogen-bond acceptors (Lipinski definition) is 27. The molecule has 3 heterocycles. The number of carbonyl (C=O) groups is 15. The van der Waals surface area contributed by atoms with Crippen LogP contribution in [-0.2, 0) is 83.1 Å². The number of unbranched alkanes of at least 4 members (excludes halogenated alkanes) is 10. The lowest BCUT2D eigenvalue weighted by atomic mass is 9.99. The van der Waals surface area contributed by atoms with Crippen molar-refractivity contribution < 1.29 is 118 Å². The Morgan fingerprint density at radius 2 is 1.06 bits per heavy atom. The number of phenols is 1. The van der Waals surface area contributed by atoms with Gasteiger partial charge in [-0.2, -0.15) is 0 Å². The summed E-state index contributed by atoms with van der Waals surface area (Å²) in [5.41, 5.74) is 23.6. The Hall–Kier alpha value is -9.33. The first-order valence-corrected chi connectivity index (χ1v) is 41.7. The standard InChI is InChI=1S/C79H133N17O24/c1-9-10-11-12-13-14-15-16-17-18-19-23-51-38-59(106)88-62(44(5)97)72(112)85-43(4)68(108)87-54(36-48-26-28-49(101)29-27-48)69(109)90-61(42(2)3)77(117)96-41-50(102)37-55(96)70(110)91-64(46(7)99)74(114)92-65(47(8)100)78(118)95-35-30-56(103)67(95)75(115)93-66(57(104)39-58(83)105)71(111)84-40-60(107)89-63(45(6)98)73(113)86-53(79(119)120-51)25-21-33-94(34-22-32-81)76(116)52(82)24-20-31-80/h26-29,42-47,50-57,61-67,97-104H,9-25,30-41,80-82H2,1-8H3,(H2,83,105)(H,84,111)(H,85,112)(H,86,113)(H,87,108)(H,88,106)(H,89,107)(H,90,109)(H,91,110)(H,92,114)(H,93,115)/t43-,44-,45-,46-,47-,50-,51-,52+,53+,54+,55+,56+,57?,61+,62-,63+,64-,65+,66?,67+/m1/s1. The highest BCUT2D eigenvalue weighted by Gasteiger charge is 2.49. The molecule has 0 aliphatic carbocycles. The fourth-order valence-corrected chi connectivity index (χ4v) is 14.2. The van der Waals surface area contributed by atoms with Gasteiger partial charge in [0.25, 0.3) is 0 Å². The van der Waals surface area contributed by atoms with E-state index < -0.39 is 255 Å². The zero-order valence-corrected chi connectivity index (χ0v) is 70.2. The number of nitrogens with zero attached hydrogens (tertiary/aromatic N) is 3. The maximum absolute atomic E-state index is 14.9. The molecule has 120 heavy (non-hydrogen) atoms. The molecule has 4 rings (SSSR count). The van der Waals surface area contributed by atoms with Crippen molar-refractivity contribution in [2.45, 2.75) is 318 Å². The molecule has 3 aliphatic rings. The number of hydrogen-bond donors (Lipinski definition) is 22. The molecule has 0 spiro atoms. The molecule has 0 aromatic heterocycles. The van der Waals surface area contributed by atoms with Crippen LogP contribution in [0.3, 0.4) is 0 Å². The molecule has 1 aromatic carbocycles. The highest BCUT2D eigenvalue weighted by Crippen LogP contribution is 2.26. The van der Waals surface area contributed by atoms with Crippen LogP contribution < -0.4 is 76.1 Å². The van der Waals surface area contributed by atoms with E-state index in [4.69, 9.17) is 27.7 Å². The molecule has 3 fully saturated rings. The third-order valence-electron chi connectivity index (χ3n) is 21.2. The second-order valence-electron chi connectivity index (χ2n) is 31.9. The number of aromatic hydroxyl groups is 1. The third kappa shape index (κ3) is 33.6. The number of nitrogens with one attached hydrogen (secondary N) is 10. The molecule has 41 nitrogen and oxygen atoms in total. The minimum atomic E-state index is -2.26. The molecular weight excluding hydrogens is 1570 g/mol. The molecule has 3 saturated heterocycles. The molecule has 14 amide bonds. The fourth-order valence-electron chi connectivity index (χ4n) is 14.2. The number of rotatable bonds is 33. The van der Waals surface area contributed by atoms with Crippen molar-refractivity contribution in [3.63, 3.8) is 0 Å². The van der Waals surface area contributed by atoms with Crippen LogP contribution in [0.25, 0.3) is 0 Å². The Morgan fingerprint density at radius 3 is 1.62 bits per heavy atom. The molecule has 3 aliphatic heterocycles. The Morgan fingerprint density at radius 1 is 0.550 bits per heavy atom. The van der Waals surface area contributed by atoms with Crippen LogP contribution in [0.4, 0.5) is 0 Å². The zero-order valence-electron chi connectivity index (χ0n) is 70.2. The van der Waals surface area contributed by atoms with E-state index in [2.05, 4.69) is 60.1 Å². The number of primary amides is 1. The maximum atomic E-state index is 14.9. The van der Waals surface area contributed by atoms with Crippen LogP contribution in [0.15, 0.2) is 24.3 Å². The molecule has 0 saturated carbocycles. The summed E-state index contributed by atoms with van der Waals surface area (Å²) in [6, 6.07) is -15.8. The predicted molar refractivity (Wildman–Crippen MR) is 433 cm³/mol. The van der Waals surface area contributed by atoms with Crippen LogP contribution in [0, 0.1) is 5.92 Å². The lowest BCUT2D eigenvalue weighted by Gasteiger charge is -2.34. The highest BCUT2D eigenvalue weighted by molar-refractivity contribution is 6.00. The van der Waals surface area contributed by atoms with Crippen molar-refractivity contribution in [1.82, 2.24) is 67.9 Å². The summed E-state index contributed by atoms with van der Waals surface area (Å²) in [5, 5.41) is 112. The van der Waals surface area contributed by atoms with E-state index in [0.29, 0.717) is 36.1 Å². The minimum absolute atomic E-state index is 0.00493. The molecule has 1 aromatic rings. The van der Waals surface area contributed by atoms with E-state index in [1.54, 1.807) is 0 Å². The van der Waals surface area contributed by atoms with Gasteiger partial charge in [-0.15, -0.1) is 0 Å². The molecule has 2 unspecified atom stereocenters. The van der Waals surface area contributed by atoms with Crippen LogP contribution >= 0.6 is 0 Å². The smallest absolute Gasteiger partial charge is 0.328 e. The number of ether oxygens (including phenoxy) is 1. The summed E-state index contributed by atoms with van der Waals surface area (Å²) in [6.07, 6.45) is -6.20. The largest absolute Gasteiger partial charge is 0.508 e. The van der Waals surface area contributed by atoms with Gasteiger partial charge < -0.3 is 136 Å². The first-order chi connectivity index (χ1) is 56.7. The van der Waals surface area contributed by atoms with Gasteiger partial charge in [0.2, 0.25) is 82.7 Å². The van der Waals surface area contributed by atoms with Crippen LogP contribution in [0.1, 0.15) is 196 Å². The van der Waals surface area contributed by atoms with Crippen LogP contribution in [-0.4, -0.2) is 311 Å². The van der Waals surface area contributed by atoms with E-state index >= 15 is 0 Å². The third-order valence-corrected chi connectivity index (χ3v) is 21.2. The molecule has 0 bridgehead atoms. The number of phenolic OH excluding ortho intramolecular Hbond substituents is 1. The normalized spacial score (nSPS) is 26.7. The minimum Gasteiger partial charge on any atom is -0.508 e. The van der Waals surface area contributed by atoms with Crippen LogP contribution in [0.5, 0.6) is 5.75 Å². The van der Waals surface area contributed by atoms with E-state index in [1.165, 1.54) is 49.9 Å². The van der Waals surface area contributed by atoms with Gasteiger partial charge in [0.1, 0.15) is 78.3 Å². The number of carbonyl (C=O) groups excluding carboxylic acids is 15. The summed E-state index contributed by atoms with van der Waals surface area (Å²) in [5.74, 6) is -18.1. The number of aliphatic hydroxyl groups excluding tert-OH is 7.